The Morgan fingerprint density at radius 3 is 2.88 bits per heavy atom. The van der Waals surface area contributed by atoms with Crippen LogP contribution in [0.25, 0.3) is 11.2 Å². The van der Waals surface area contributed by atoms with Gasteiger partial charge in [-0.05, 0) is 47.1 Å². The zero-order chi connectivity index (χ0) is 17.3. The molecule has 3 heterocycles. The molecular weight excluding hydrogens is 304 g/mol. The van der Waals surface area contributed by atoms with Gasteiger partial charge in [0.15, 0.2) is 5.65 Å². The zero-order valence-corrected chi connectivity index (χ0v) is 14.7. The normalized spacial score (nSPS) is 21.7. The van der Waals surface area contributed by atoms with Crippen LogP contribution in [0.1, 0.15) is 50.9 Å². The predicted molar refractivity (Wildman–Crippen MR) is 95.2 cm³/mol. The van der Waals surface area contributed by atoms with E-state index in [4.69, 9.17) is 0 Å². The highest BCUT2D eigenvalue weighted by Gasteiger charge is 2.21. The fourth-order valence-corrected chi connectivity index (χ4v) is 3.01. The van der Waals surface area contributed by atoms with Gasteiger partial charge in [-0.2, -0.15) is 0 Å². The Morgan fingerprint density at radius 2 is 2.17 bits per heavy atom. The first-order valence-corrected chi connectivity index (χ1v) is 8.48. The molecule has 1 amide bonds. The molecule has 0 radical (unpaired) electrons. The van der Waals surface area contributed by atoms with Crippen LogP contribution in [0.4, 0.5) is 5.82 Å². The molecule has 1 fully saturated rings. The number of nitrogens with zero attached hydrogens (tertiary/aromatic N) is 2. The minimum absolute atomic E-state index is 0.143. The van der Waals surface area contributed by atoms with Gasteiger partial charge in [0.05, 0.1) is 11.8 Å². The van der Waals surface area contributed by atoms with Crippen molar-refractivity contribution in [2.24, 2.45) is 0 Å². The van der Waals surface area contributed by atoms with Crippen LogP contribution in [0.3, 0.4) is 0 Å². The summed E-state index contributed by atoms with van der Waals surface area (Å²) in [5.41, 5.74) is 1.45. The Balaban J connectivity index is 1.82. The largest absolute Gasteiger partial charge is 0.366 e. The first kappa shape index (κ1) is 16.7. The van der Waals surface area contributed by atoms with Crippen LogP contribution in [0.2, 0.25) is 0 Å². The lowest BCUT2D eigenvalue weighted by molar-refractivity contribution is 0.0921. The molecule has 2 atom stereocenters. The highest BCUT2D eigenvalue weighted by Crippen LogP contribution is 2.19. The highest BCUT2D eigenvalue weighted by atomic mass is 16.1. The van der Waals surface area contributed by atoms with Crippen molar-refractivity contribution in [3.05, 3.63) is 18.0 Å². The predicted octanol–water partition coefficient (Wildman–Crippen LogP) is 2.04. The summed E-state index contributed by atoms with van der Waals surface area (Å²) in [4.78, 5) is 24.5. The fourth-order valence-electron chi connectivity index (χ4n) is 3.01. The van der Waals surface area contributed by atoms with Gasteiger partial charge in [-0.1, -0.05) is 0 Å². The number of aromatic nitrogens is 3. The number of carbonyl (C=O) groups is 1. The van der Waals surface area contributed by atoms with Crippen molar-refractivity contribution < 1.29 is 4.79 Å². The second kappa shape index (κ2) is 6.39. The van der Waals surface area contributed by atoms with Crippen molar-refractivity contribution in [2.45, 2.75) is 58.2 Å². The van der Waals surface area contributed by atoms with E-state index in [9.17, 15) is 4.79 Å². The summed E-state index contributed by atoms with van der Waals surface area (Å²) < 4.78 is 0. The Labute approximate surface area is 142 Å². The number of fused-ring (bicyclic) bond motifs is 1. The van der Waals surface area contributed by atoms with Gasteiger partial charge in [0.25, 0.3) is 5.91 Å². The van der Waals surface area contributed by atoms with Gasteiger partial charge in [-0.15, -0.1) is 0 Å². The number of hydrogen-bond donors (Lipinski definition) is 4. The molecule has 0 aliphatic carbocycles. The molecule has 4 N–H and O–H groups in total. The lowest BCUT2D eigenvalue weighted by atomic mass is 10.0. The van der Waals surface area contributed by atoms with E-state index in [-0.39, 0.29) is 11.4 Å². The van der Waals surface area contributed by atoms with Crippen LogP contribution in [0, 0.1) is 0 Å². The second-order valence-corrected chi connectivity index (χ2v) is 7.58. The van der Waals surface area contributed by atoms with Gasteiger partial charge in [0.2, 0.25) is 0 Å². The third-order valence-electron chi connectivity index (χ3n) is 4.09. The number of amides is 1. The summed E-state index contributed by atoms with van der Waals surface area (Å²) >= 11 is 0. The number of piperidine rings is 1. The maximum Gasteiger partial charge on any atom is 0.255 e. The summed E-state index contributed by atoms with van der Waals surface area (Å²) in [6, 6.07) is 0.868. The summed E-state index contributed by atoms with van der Waals surface area (Å²) in [6.45, 7) is 9.05. The van der Waals surface area contributed by atoms with Gasteiger partial charge in [-0.25, -0.2) is 9.97 Å². The Morgan fingerprint density at radius 1 is 1.38 bits per heavy atom. The molecule has 0 aromatic carbocycles. The molecule has 3 rings (SSSR count). The maximum atomic E-state index is 12.5. The molecule has 1 aliphatic rings. The second-order valence-electron chi connectivity index (χ2n) is 7.58. The number of H-pyrrole nitrogens is 1. The van der Waals surface area contributed by atoms with Gasteiger partial charge in [0.1, 0.15) is 11.3 Å². The molecule has 130 valence electrons. The maximum absolute atomic E-state index is 12.5. The van der Waals surface area contributed by atoms with Crippen LogP contribution >= 0.6 is 0 Å². The molecule has 0 saturated carbocycles. The van der Waals surface area contributed by atoms with Crippen molar-refractivity contribution >= 4 is 22.9 Å². The summed E-state index contributed by atoms with van der Waals surface area (Å²) in [7, 11) is 0. The van der Waals surface area contributed by atoms with Crippen molar-refractivity contribution in [1.82, 2.24) is 25.6 Å². The van der Waals surface area contributed by atoms with E-state index in [1.807, 2.05) is 20.8 Å². The summed E-state index contributed by atoms with van der Waals surface area (Å²) in [5.74, 6) is 0.571. The summed E-state index contributed by atoms with van der Waals surface area (Å²) in [6.07, 6.45) is 5.48. The average molecular weight is 330 g/mol. The minimum Gasteiger partial charge on any atom is -0.366 e. The topological polar surface area (TPSA) is 94.7 Å². The quantitative estimate of drug-likeness (QED) is 0.691. The number of aromatic amines is 1. The van der Waals surface area contributed by atoms with Gasteiger partial charge < -0.3 is 20.9 Å². The van der Waals surface area contributed by atoms with E-state index in [1.54, 1.807) is 12.4 Å². The zero-order valence-electron chi connectivity index (χ0n) is 14.7. The Kier molecular flexibility index (Phi) is 4.45. The lowest BCUT2D eigenvalue weighted by Crippen LogP contribution is -2.41. The van der Waals surface area contributed by atoms with Crippen LogP contribution in [0.5, 0.6) is 0 Å². The van der Waals surface area contributed by atoms with Crippen molar-refractivity contribution in [2.75, 3.05) is 11.9 Å². The van der Waals surface area contributed by atoms with Crippen LogP contribution < -0.4 is 16.0 Å². The smallest absolute Gasteiger partial charge is 0.255 e. The Bertz CT molecular complexity index is 732. The third kappa shape index (κ3) is 3.84. The van der Waals surface area contributed by atoms with Gasteiger partial charge >= 0.3 is 0 Å². The fraction of sp³-hybridized carbons (Fsp3) is 0.588. The van der Waals surface area contributed by atoms with Crippen molar-refractivity contribution in [3.8, 4) is 0 Å². The molecule has 1 aliphatic heterocycles. The van der Waals surface area contributed by atoms with Crippen LogP contribution in [-0.2, 0) is 0 Å². The van der Waals surface area contributed by atoms with Crippen molar-refractivity contribution in [3.63, 3.8) is 0 Å². The number of hydrogen-bond acceptors (Lipinski definition) is 5. The number of nitrogens with one attached hydrogen (secondary N) is 4. The molecule has 0 unspecified atom stereocenters. The van der Waals surface area contributed by atoms with Crippen LogP contribution in [-0.4, -0.2) is 45.0 Å². The van der Waals surface area contributed by atoms with E-state index < -0.39 is 0 Å². The molecule has 7 heteroatoms. The molecule has 2 aromatic heterocycles. The summed E-state index contributed by atoms with van der Waals surface area (Å²) in [5, 5.41) is 9.85. The first-order valence-electron chi connectivity index (χ1n) is 8.48. The minimum atomic E-state index is -0.296. The molecule has 0 spiro atoms. The average Bonchev–Trinajstić information content (AvgIpc) is 2.88. The van der Waals surface area contributed by atoms with E-state index >= 15 is 0 Å². The number of anilines is 1. The monoisotopic (exact) mass is 330 g/mol. The first-order chi connectivity index (χ1) is 11.3. The molecule has 0 bridgehead atoms. The van der Waals surface area contributed by atoms with E-state index in [2.05, 4.69) is 37.8 Å². The van der Waals surface area contributed by atoms with E-state index in [0.29, 0.717) is 34.6 Å². The number of carbonyl (C=O) groups excluding carboxylic acids is 1. The molecule has 1 saturated heterocycles. The molecule has 7 nitrogen and oxygen atoms in total. The van der Waals surface area contributed by atoms with Gasteiger partial charge in [-0.3, -0.25) is 4.79 Å². The standard InChI is InChI=1S/C17H26N6O/c1-10-7-11(5-6-18-10)21-13-9-20-15-14(22-13)12(8-19-15)16(24)23-17(2,3)4/h8-11,18H,5-7H2,1-4H3,(H,19,20)(H,21,22)(H,23,24)/t10-,11-/m0/s1. The highest BCUT2D eigenvalue weighted by molar-refractivity contribution is 6.04. The van der Waals surface area contributed by atoms with E-state index in [1.165, 1.54) is 0 Å². The number of rotatable bonds is 3. The van der Waals surface area contributed by atoms with Crippen molar-refractivity contribution in [1.29, 1.82) is 0 Å². The SMILES string of the molecule is C[C@H]1C[C@@H](Nc2cnc3[nH]cc(C(=O)NC(C)(C)C)c3n2)CCN1. The molecule has 24 heavy (non-hydrogen) atoms. The molecule has 2 aromatic rings. The lowest BCUT2D eigenvalue weighted by Gasteiger charge is -2.28. The third-order valence-corrected chi connectivity index (χ3v) is 4.09. The molecular formula is C17H26N6O. The van der Waals surface area contributed by atoms with E-state index in [0.717, 1.165) is 19.4 Å². The Hall–Kier alpha value is -2.15. The van der Waals surface area contributed by atoms with Gasteiger partial charge in [0, 0.05) is 23.8 Å². The van der Waals surface area contributed by atoms with Crippen LogP contribution in [0.15, 0.2) is 12.4 Å².